The second-order valence-corrected chi connectivity index (χ2v) is 10.2. The van der Waals surface area contributed by atoms with E-state index in [1.807, 2.05) is 4.90 Å². The average molecular weight is 598 g/mol. The fraction of sp³-hybridized carbons (Fsp3) is 0.267. The SMILES string of the molecule is O=C(O)Cc1cc(F)ccc1NC(=O)c1ccc(N2CCCCC2)c(NC(=O)c2c3ccccc3nn2CC(F)(F)F)c1. The van der Waals surface area contributed by atoms with Crippen LogP contribution in [0, 0.1) is 5.82 Å². The second kappa shape index (κ2) is 12.1. The first kappa shape index (κ1) is 29.5. The van der Waals surface area contributed by atoms with Crippen LogP contribution < -0.4 is 15.5 Å². The molecule has 1 aromatic heterocycles. The Morgan fingerprint density at radius 2 is 1.60 bits per heavy atom. The second-order valence-electron chi connectivity index (χ2n) is 10.2. The summed E-state index contributed by atoms with van der Waals surface area (Å²) in [6.45, 7) is -0.114. The number of nitrogens with zero attached hydrogens (tertiary/aromatic N) is 3. The lowest BCUT2D eigenvalue weighted by atomic mass is 10.1. The van der Waals surface area contributed by atoms with Gasteiger partial charge in [-0.05, 0) is 67.3 Å². The van der Waals surface area contributed by atoms with Gasteiger partial charge in [0.15, 0.2) is 0 Å². The molecule has 4 aromatic rings. The number of carboxylic acids is 1. The molecular formula is C30H27F4N5O4. The number of hydrogen-bond donors (Lipinski definition) is 3. The normalized spacial score (nSPS) is 13.6. The Kier molecular flexibility index (Phi) is 8.33. The number of aromatic nitrogens is 2. The van der Waals surface area contributed by atoms with Gasteiger partial charge in [-0.3, -0.25) is 14.4 Å². The molecule has 13 heteroatoms. The number of alkyl halides is 3. The van der Waals surface area contributed by atoms with Crippen LogP contribution in [-0.4, -0.2) is 51.9 Å². The highest BCUT2D eigenvalue weighted by atomic mass is 19.4. The maximum absolute atomic E-state index is 13.8. The van der Waals surface area contributed by atoms with Crippen molar-refractivity contribution in [3.8, 4) is 0 Å². The molecule has 9 nitrogen and oxygen atoms in total. The molecule has 3 aromatic carbocycles. The third-order valence-corrected chi connectivity index (χ3v) is 7.05. The van der Waals surface area contributed by atoms with E-state index < -0.39 is 42.7 Å². The summed E-state index contributed by atoms with van der Waals surface area (Å²) in [4.78, 5) is 40.2. The largest absolute Gasteiger partial charge is 0.481 e. The van der Waals surface area contributed by atoms with Gasteiger partial charge in [-0.25, -0.2) is 9.07 Å². The van der Waals surface area contributed by atoms with E-state index in [0.717, 1.165) is 31.4 Å². The molecular weight excluding hydrogens is 570 g/mol. The molecule has 0 spiro atoms. The Hall–Kier alpha value is -4.94. The van der Waals surface area contributed by atoms with Gasteiger partial charge >= 0.3 is 12.1 Å². The topological polar surface area (TPSA) is 117 Å². The van der Waals surface area contributed by atoms with Crippen LogP contribution in [0.1, 0.15) is 45.7 Å². The van der Waals surface area contributed by atoms with Crippen LogP contribution in [0.5, 0.6) is 0 Å². The van der Waals surface area contributed by atoms with E-state index in [-0.39, 0.29) is 39.1 Å². The predicted molar refractivity (Wildman–Crippen MR) is 152 cm³/mol. The smallest absolute Gasteiger partial charge is 0.408 e. The van der Waals surface area contributed by atoms with Crippen molar-refractivity contribution in [2.75, 3.05) is 28.6 Å². The van der Waals surface area contributed by atoms with E-state index in [1.54, 1.807) is 18.2 Å². The molecule has 1 aliphatic heterocycles. The number of aliphatic carboxylic acids is 1. The third-order valence-electron chi connectivity index (χ3n) is 7.05. The van der Waals surface area contributed by atoms with Crippen LogP contribution in [0.3, 0.4) is 0 Å². The van der Waals surface area contributed by atoms with Crippen molar-refractivity contribution < 1.29 is 37.1 Å². The number of nitrogens with one attached hydrogen (secondary N) is 2. The number of hydrogen-bond acceptors (Lipinski definition) is 5. The molecule has 43 heavy (non-hydrogen) atoms. The van der Waals surface area contributed by atoms with Crippen molar-refractivity contribution in [1.29, 1.82) is 0 Å². The van der Waals surface area contributed by atoms with Crippen LogP contribution in [-0.2, 0) is 17.8 Å². The Labute approximate surface area is 243 Å². The Morgan fingerprint density at radius 3 is 2.33 bits per heavy atom. The summed E-state index contributed by atoms with van der Waals surface area (Å²) < 4.78 is 54.6. The zero-order valence-corrected chi connectivity index (χ0v) is 22.7. The number of piperidine rings is 1. The molecule has 224 valence electrons. The van der Waals surface area contributed by atoms with E-state index in [9.17, 15) is 37.1 Å². The molecule has 1 saturated heterocycles. The molecule has 3 N–H and O–H groups in total. The molecule has 0 atom stereocenters. The van der Waals surface area contributed by atoms with Gasteiger partial charge in [0, 0.05) is 29.7 Å². The molecule has 1 fully saturated rings. The highest BCUT2D eigenvalue weighted by Crippen LogP contribution is 2.32. The van der Waals surface area contributed by atoms with Crippen molar-refractivity contribution >= 4 is 45.7 Å². The average Bonchev–Trinajstić information content (AvgIpc) is 3.31. The first-order valence-corrected chi connectivity index (χ1v) is 13.5. The number of benzene rings is 3. The van der Waals surface area contributed by atoms with Crippen molar-refractivity contribution in [2.45, 2.75) is 38.4 Å². The van der Waals surface area contributed by atoms with Crippen LogP contribution >= 0.6 is 0 Å². The molecule has 2 heterocycles. The zero-order chi connectivity index (χ0) is 30.7. The van der Waals surface area contributed by atoms with E-state index >= 15 is 0 Å². The lowest BCUT2D eigenvalue weighted by Gasteiger charge is -2.31. The van der Waals surface area contributed by atoms with E-state index in [1.165, 1.54) is 30.3 Å². The molecule has 0 unspecified atom stereocenters. The van der Waals surface area contributed by atoms with Crippen molar-refractivity contribution in [2.24, 2.45) is 0 Å². The molecule has 0 aliphatic carbocycles. The highest BCUT2D eigenvalue weighted by molar-refractivity contribution is 6.13. The maximum Gasteiger partial charge on any atom is 0.408 e. The first-order valence-electron chi connectivity index (χ1n) is 13.5. The standard InChI is InChI=1S/C30H27F4N5O4/c31-20-9-10-22(19(14-20)16-26(40)41)35-28(42)18-8-11-25(38-12-4-1-5-13-38)24(15-18)36-29(43)27-21-6-2-3-7-23(21)37-39(27)17-30(32,33)34/h2-3,6-11,14-15H,1,4-5,12-13,16-17H2,(H,35,42)(H,36,43)(H,40,41). The van der Waals surface area contributed by atoms with Gasteiger partial charge in [-0.2, -0.15) is 18.3 Å². The van der Waals surface area contributed by atoms with Crippen LogP contribution in [0.15, 0.2) is 60.7 Å². The zero-order valence-electron chi connectivity index (χ0n) is 22.7. The number of anilines is 3. The van der Waals surface area contributed by atoms with Gasteiger partial charge in [0.25, 0.3) is 11.8 Å². The van der Waals surface area contributed by atoms with Gasteiger partial charge in [0.2, 0.25) is 0 Å². The van der Waals surface area contributed by atoms with E-state index in [2.05, 4.69) is 15.7 Å². The number of amides is 2. The van der Waals surface area contributed by atoms with Gasteiger partial charge < -0.3 is 20.6 Å². The van der Waals surface area contributed by atoms with Crippen molar-refractivity contribution in [1.82, 2.24) is 9.78 Å². The highest BCUT2D eigenvalue weighted by Gasteiger charge is 2.32. The fourth-order valence-electron chi connectivity index (χ4n) is 5.16. The molecule has 0 saturated carbocycles. The fourth-order valence-corrected chi connectivity index (χ4v) is 5.16. The minimum atomic E-state index is -4.63. The van der Waals surface area contributed by atoms with Gasteiger partial charge in [0.05, 0.1) is 23.3 Å². The van der Waals surface area contributed by atoms with Gasteiger partial charge in [-0.1, -0.05) is 18.2 Å². The molecule has 0 radical (unpaired) electrons. The number of halogens is 4. The van der Waals surface area contributed by atoms with Crippen LogP contribution in [0.2, 0.25) is 0 Å². The lowest BCUT2D eigenvalue weighted by Crippen LogP contribution is -2.31. The number of carbonyl (C=O) groups is 3. The van der Waals surface area contributed by atoms with Crippen LogP contribution in [0.25, 0.3) is 10.9 Å². The quantitative estimate of drug-likeness (QED) is 0.219. The Balaban J connectivity index is 1.51. The molecule has 1 aliphatic rings. The molecule has 2 amide bonds. The minimum Gasteiger partial charge on any atom is -0.481 e. The van der Waals surface area contributed by atoms with Gasteiger partial charge in [-0.15, -0.1) is 0 Å². The summed E-state index contributed by atoms with van der Waals surface area (Å²) >= 11 is 0. The number of carboxylic acid groups (broad SMARTS) is 1. The lowest BCUT2D eigenvalue weighted by molar-refractivity contribution is -0.142. The third kappa shape index (κ3) is 6.93. The summed E-state index contributed by atoms with van der Waals surface area (Å²) in [5, 5.41) is 18.7. The molecule has 0 bridgehead atoms. The van der Waals surface area contributed by atoms with Crippen molar-refractivity contribution in [3.05, 3.63) is 83.3 Å². The minimum absolute atomic E-state index is 0.0594. The monoisotopic (exact) mass is 597 g/mol. The number of rotatable bonds is 8. The first-order chi connectivity index (χ1) is 20.5. The Morgan fingerprint density at radius 1 is 0.884 bits per heavy atom. The maximum atomic E-state index is 13.8. The number of carbonyl (C=O) groups excluding carboxylic acids is 2. The summed E-state index contributed by atoms with van der Waals surface area (Å²) in [6, 6.07) is 14.2. The van der Waals surface area contributed by atoms with Crippen LogP contribution in [0.4, 0.5) is 34.6 Å². The predicted octanol–water partition coefficient (Wildman–Crippen LogP) is 5.86. The van der Waals surface area contributed by atoms with Gasteiger partial charge in [0.1, 0.15) is 18.1 Å². The van der Waals surface area contributed by atoms with E-state index in [4.69, 9.17) is 0 Å². The summed E-state index contributed by atoms with van der Waals surface area (Å²) in [5.74, 6) is -3.38. The summed E-state index contributed by atoms with van der Waals surface area (Å²) in [6.07, 6.45) is -2.33. The number of fused-ring (bicyclic) bond motifs is 1. The summed E-state index contributed by atoms with van der Waals surface area (Å²) in [5.41, 5.74) is 0.966. The van der Waals surface area contributed by atoms with E-state index in [0.29, 0.717) is 23.5 Å². The van der Waals surface area contributed by atoms with Crippen molar-refractivity contribution in [3.63, 3.8) is 0 Å². The molecule has 5 rings (SSSR count). The Bertz CT molecular complexity index is 1700. The summed E-state index contributed by atoms with van der Waals surface area (Å²) in [7, 11) is 0.